The van der Waals surface area contributed by atoms with Crippen LogP contribution in [0.5, 0.6) is 0 Å². The molecule has 2 aromatic heterocycles. The summed E-state index contributed by atoms with van der Waals surface area (Å²) < 4.78 is 5.33. The summed E-state index contributed by atoms with van der Waals surface area (Å²) in [4.78, 5) is 4.08. The van der Waals surface area contributed by atoms with Crippen LogP contribution in [0.15, 0.2) is 39.9 Å². The molecule has 0 aliphatic heterocycles. The van der Waals surface area contributed by atoms with Gasteiger partial charge in [-0.1, -0.05) is 22.8 Å². The molecule has 5 heteroatoms. The Morgan fingerprint density at radius 2 is 2.20 bits per heavy atom. The van der Waals surface area contributed by atoms with Crippen molar-refractivity contribution in [2.24, 2.45) is 5.16 Å². The van der Waals surface area contributed by atoms with E-state index in [9.17, 15) is 0 Å². The van der Waals surface area contributed by atoms with E-state index in [4.69, 9.17) is 21.2 Å². The summed E-state index contributed by atoms with van der Waals surface area (Å²) in [5.74, 6) is 1.03. The van der Waals surface area contributed by atoms with E-state index in [2.05, 4.69) is 10.1 Å². The molecule has 15 heavy (non-hydrogen) atoms. The van der Waals surface area contributed by atoms with Gasteiger partial charge in [-0.05, 0) is 24.3 Å². The van der Waals surface area contributed by atoms with Gasteiger partial charge >= 0.3 is 0 Å². The molecule has 0 unspecified atom stereocenters. The molecule has 0 bridgehead atoms. The zero-order valence-corrected chi connectivity index (χ0v) is 8.35. The predicted molar refractivity (Wildman–Crippen MR) is 56.3 cm³/mol. The normalized spacial score (nSPS) is 11.0. The summed E-state index contributed by atoms with van der Waals surface area (Å²) in [7, 11) is 0. The van der Waals surface area contributed by atoms with Crippen LogP contribution in [0.3, 0.4) is 0 Å². The Hall–Kier alpha value is -1.81. The number of rotatable bonds is 2. The Labute approximate surface area is 90.8 Å². The molecule has 4 nitrogen and oxygen atoms in total. The number of hydrogen-bond acceptors (Lipinski definition) is 4. The van der Waals surface area contributed by atoms with E-state index >= 15 is 0 Å². The Morgan fingerprint density at radius 3 is 2.93 bits per heavy atom. The monoisotopic (exact) mass is 222 g/mol. The lowest BCUT2D eigenvalue weighted by Crippen LogP contribution is -1.80. The maximum atomic E-state index is 8.32. The fourth-order valence-corrected chi connectivity index (χ4v) is 1.33. The molecule has 0 aliphatic carbocycles. The van der Waals surface area contributed by atoms with Crippen molar-refractivity contribution < 1.29 is 9.62 Å². The van der Waals surface area contributed by atoms with Gasteiger partial charge < -0.3 is 9.62 Å². The molecule has 0 atom stereocenters. The molecule has 0 amide bonds. The van der Waals surface area contributed by atoms with Crippen molar-refractivity contribution in [2.75, 3.05) is 0 Å². The van der Waals surface area contributed by atoms with E-state index < -0.39 is 0 Å². The third kappa shape index (κ3) is 2.16. The van der Waals surface area contributed by atoms with Crippen molar-refractivity contribution in [3.63, 3.8) is 0 Å². The van der Waals surface area contributed by atoms with Crippen LogP contribution in [0.1, 0.15) is 5.76 Å². The second kappa shape index (κ2) is 4.14. The fourth-order valence-electron chi connectivity index (χ4n) is 1.16. The van der Waals surface area contributed by atoms with Crippen LogP contribution in [-0.2, 0) is 0 Å². The molecule has 0 saturated carbocycles. The van der Waals surface area contributed by atoms with Gasteiger partial charge in [0.1, 0.15) is 22.8 Å². The lowest BCUT2D eigenvalue weighted by Gasteiger charge is -1.95. The number of oxime groups is 1. The van der Waals surface area contributed by atoms with Crippen LogP contribution in [0.4, 0.5) is 0 Å². The molecular weight excluding hydrogens is 216 g/mol. The molecule has 76 valence electrons. The summed E-state index contributed by atoms with van der Waals surface area (Å²) in [6.45, 7) is 0. The second-order valence-corrected chi connectivity index (χ2v) is 3.18. The Balaban J connectivity index is 2.37. The Kier molecular flexibility index (Phi) is 2.69. The standard InChI is InChI=1S/C10H7ClN2O2/c11-10-3-1-2-8(13-10)9-5-4-7(15-9)6-12-14/h1-6,14H. The highest BCUT2D eigenvalue weighted by molar-refractivity contribution is 6.29. The third-order valence-corrected chi connectivity index (χ3v) is 1.99. The van der Waals surface area contributed by atoms with Crippen molar-refractivity contribution in [2.45, 2.75) is 0 Å². The number of halogens is 1. The number of pyridine rings is 1. The van der Waals surface area contributed by atoms with Gasteiger partial charge in [0.25, 0.3) is 0 Å². The van der Waals surface area contributed by atoms with Gasteiger partial charge in [-0.25, -0.2) is 4.98 Å². The highest BCUT2D eigenvalue weighted by atomic mass is 35.5. The lowest BCUT2D eigenvalue weighted by molar-refractivity contribution is 0.321. The van der Waals surface area contributed by atoms with Gasteiger partial charge in [-0.15, -0.1) is 0 Å². The van der Waals surface area contributed by atoms with E-state index in [0.29, 0.717) is 22.4 Å². The lowest BCUT2D eigenvalue weighted by atomic mass is 10.3. The summed E-state index contributed by atoms with van der Waals surface area (Å²) in [6, 6.07) is 8.66. The van der Waals surface area contributed by atoms with Crippen LogP contribution in [-0.4, -0.2) is 16.4 Å². The van der Waals surface area contributed by atoms with Crippen LogP contribution < -0.4 is 0 Å². The highest BCUT2D eigenvalue weighted by Gasteiger charge is 2.04. The van der Waals surface area contributed by atoms with Crippen molar-refractivity contribution in [1.29, 1.82) is 0 Å². The predicted octanol–water partition coefficient (Wildman–Crippen LogP) is 2.80. The number of hydrogen-bond donors (Lipinski definition) is 1. The maximum absolute atomic E-state index is 8.32. The van der Waals surface area contributed by atoms with Crippen molar-refractivity contribution in [3.8, 4) is 11.5 Å². The minimum atomic E-state index is 0.404. The first kappa shape index (κ1) is 9.73. The van der Waals surface area contributed by atoms with E-state index in [1.54, 1.807) is 30.3 Å². The molecule has 0 saturated heterocycles. The van der Waals surface area contributed by atoms with Crippen LogP contribution in [0.25, 0.3) is 11.5 Å². The minimum Gasteiger partial charge on any atom is -0.453 e. The molecule has 0 fully saturated rings. The van der Waals surface area contributed by atoms with Gasteiger partial charge in [-0.3, -0.25) is 0 Å². The van der Waals surface area contributed by atoms with Crippen LogP contribution >= 0.6 is 11.6 Å². The average Bonchev–Trinajstić information content (AvgIpc) is 2.67. The fraction of sp³-hybridized carbons (Fsp3) is 0. The molecule has 2 aromatic rings. The molecule has 0 aromatic carbocycles. The van der Waals surface area contributed by atoms with Gasteiger partial charge in [0.2, 0.25) is 0 Å². The van der Waals surface area contributed by atoms with Crippen LogP contribution in [0, 0.1) is 0 Å². The minimum absolute atomic E-state index is 0.404. The zero-order valence-electron chi connectivity index (χ0n) is 7.59. The first-order valence-corrected chi connectivity index (χ1v) is 4.57. The largest absolute Gasteiger partial charge is 0.453 e. The molecule has 0 aliphatic rings. The highest BCUT2D eigenvalue weighted by Crippen LogP contribution is 2.20. The number of nitrogens with zero attached hydrogens (tertiary/aromatic N) is 2. The summed E-state index contributed by atoms with van der Waals surface area (Å²) in [5, 5.41) is 11.6. The van der Waals surface area contributed by atoms with Gasteiger partial charge in [0, 0.05) is 0 Å². The maximum Gasteiger partial charge on any atom is 0.153 e. The van der Waals surface area contributed by atoms with Crippen molar-refractivity contribution in [1.82, 2.24) is 4.98 Å². The molecule has 1 N–H and O–H groups in total. The average molecular weight is 223 g/mol. The smallest absolute Gasteiger partial charge is 0.153 e. The van der Waals surface area contributed by atoms with Crippen LogP contribution in [0.2, 0.25) is 5.15 Å². The van der Waals surface area contributed by atoms with Crippen molar-refractivity contribution >= 4 is 17.8 Å². The van der Waals surface area contributed by atoms with Gasteiger partial charge in [-0.2, -0.15) is 0 Å². The Bertz CT molecular complexity index is 494. The summed E-state index contributed by atoms with van der Waals surface area (Å²) >= 11 is 5.74. The topological polar surface area (TPSA) is 58.6 Å². The van der Waals surface area contributed by atoms with Gasteiger partial charge in [0.15, 0.2) is 5.76 Å². The van der Waals surface area contributed by atoms with Crippen molar-refractivity contribution in [3.05, 3.63) is 41.2 Å². The number of furan rings is 1. The van der Waals surface area contributed by atoms with E-state index in [-0.39, 0.29) is 0 Å². The second-order valence-electron chi connectivity index (χ2n) is 2.79. The molecule has 2 heterocycles. The Morgan fingerprint density at radius 1 is 1.33 bits per heavy atom. The molecule has 0 radical (unpaired) electrons. The first-order valence-electron chi connectivity index (χ1n) is 4.20. The molecule has 0 spiro atoms. The number of aromatic nitrogens is 1. The SMILES string of the molecule is ON=Cc1ccc(-c2cccc(Cl)n2)o1. The van der Waals surface area contributed by atoms with E-state index in [1.807, 2.05) is 0 Å². The molecular formula is C10H7ClN2O2. The third-order valence-electron chi connectivity index (χ3n) is 1.78. The summed E-state index contributed by atoms with van der Waals surface area (Å²) in [5.41, 5.74) is 0.639. The van der Waals surface area contributed by atoms with E-state index in [0.717, 1.165) is 0 Å². The first-order chi connectivity index (χ1) is 7.29. The van der Waals surface area contributed by atoms with Gasteiger partial charge in [0.05, 0.1) is 0 Å². The quantitative estimate of drug-likeness (QED) is 0.368. The van der Waals surface area contributed by atoms with E-state index in [1.165, 1.54) is 6.21 Å². The molecule has 2 rings (SSSR count). The summed E-state index contributed by atoms with van der Waals surface area (Å²) in [6.07, 6.45) is 1.20. The zero-order chi connectivity index (χ0) is 10.7.